The average Bonchev–Trinajstić information content (AvgIpc) is 3.19. The number of benzene rings is 1. The van der Waals surface area contributed by atoms with Gasteiger partial charge in [0, 0.05) is 26.2 Å². The number of halogens is 2. The number of hydrogen-bond donors (Lipinski definition) is 1. The Morgan fingerprint density at radius 1 is 1.23 bits per heavy atom. The van der Waals surface area contributed by atoms with E-state index < -0.39 is 21.3 Å². The highest BCUT2D eigenvalue weighted by atomic mass is 35.5. The van der Waals surface area contributed by atoms with Crippen molar-refractivity contribution in [2.45, 2.75) is 48.3 Å². The number of ether oxygens (including phenoxy) is 2. The maximum absolute atomic E-state index is 13.3. The summed E-state index contributed by atoms with van der Waals surface area (Å²) in [7, 11) is -3.69. The third-order valence-electron chi connectivity index (χ3n) is 7.51. The molecule has 0 radical (unpaired) electrons. The first-order valence-electron chi connectivity index (χ1n) is 11.9. The molecule has 1 aromatic carbocycles. The molecule has 35 heavy (non-hydrogen) atoms. The molecule has 3 amide bonds. The Bertz CT molecular complexity index is 1110. The largest absolute Gasteiger partial charge is 0.375 e. The van der Waals surface area contributed by atoms with E-state index in [0.29, 0.717) is 58.5 Å². The SMILES string of the molecule is O=C1CO[C@H]2CCN(C(=O)N3CCC4(CC3)C[C@@H](CS(=O)(=O)c3ccc(F)cc3Cl)CO4)C[C@H]2N1. The van der Waals surface area contributed by atoms with Crippen LogP contribution in [0.1, 0.15) is 25.7 Å². The van der Waals surface area contributed by atoms with Crippen LogP contribution in [0.25, 0.3) is 0 Å². The minimum absolute atomic E-state index is 0.0498. The van der Waals surface area contributed by atoms with Crippen molar-refractivity contribution in [2.24, 2.45) is 5.92 Å². The molecule has 0 bridgehead atoms. The summed E-state index contributed by atoms with van der Waals surface area (Å²) in [6.45, 7) is 2.45. The van der Waals surface area contributed by atoms with E-state index >= 15 is 0 Å². The van der Waals surface area contributed by atoms with E-state index in [2.05, 4.69) is 5.32 Å². The van der Waals surface area contributed by atoms with Crippen molar-refractivity contribution >= 4 is 33.4 Å². The first kappa shape index (κ1) is 24.7. The summed E-state index contributed by atoms with van der Waals surface area (Å²) in [6, 6.07) is 3.07. The number of hydrogen-bond acceptors (Lipinski definition) is 6. The maximum Gasteiger partial charge on any atom is 0.320 e. The van der Waals surface area contributed by atoms with Gasteiger partial charge < -0.3 is 24.6 Å². The highest BCUT2D eigenvalue weighted by Crippen LogP contribution is 2.40. The number of nitrogens with zero attached hydrogens (tertiary/aromatic N) is 2. The molecule has 5 rings (SSSR count). The lowest BCUT2D eigenvalue weighted by atomic mass is 9.86. The van der Waals surface area contributed by atoms with Crippen LogP contribution in [0.4, 0.5) is 9.18 Å². The molecular weight excluding hydrogens is 501 g/mol. The van der Waals surface area contributed by atoms with Crippen molar-refractivity contribution in [3.05, 3.63) is 29.0 Å². The number of nitrogens with one attached hydrogen (secondary N) is 1. The Kier molecular flexibility index (Phi) is 6.71. The topological polar surface area (TPSA) is 105 Å². The Morgan fingerprint density at radius 2 is 2.00 bits per heavy atom. The first-order chi connectivity index (χ1) is 16.6. The molecule has 1 N–H and O–H groups in total. The van der Waals surface area contributed by atoms with Gasteiger partial charge in [0.25, 0.3) is 0 Å². The molecule has 0 aromatic heterocycles. The summed E-state index contributed by atoms with van der Waals surface area (Å²) in [6.07, 6.45) is 2.49. The van der Waals surface area contributed by atoms with E-state index in [-0.39, 0.29) is 52.3 Å². The number of rotatable bonds is 3. The van der Waals surface area contributed by atoms with Crippen LogP contribution in [0.5, 0.6) is 0 Å². The van der Waals surface area contributed by atoms with Crippen LogP contribution in [0.15, 0.2) is 23.1 Å². The molecule has 4 aliphatic heterocycles. The minimum Gasteiger partial charge on any atom is -0.375 e. The zero-order chi connectivity index (χ0) is 24.8. The standard InChI is InChI=1S/C23H29ClFN3O6S/c24-17-9-16(25)1-2-20(17)35(31,32)14-15-10-23(34-12-15)4-7-27(8-5-23)22(30)28-6-3-19-18(11-28)26-21(29)13-33-19/h1-2,9,15,18-19H,3-8,10-14H2,(H,26,29)/t15-,18-,19+/m1/s1. The summed E-state index contributed by atoms with van der Waals surface area (Å²) in [5.41, 5.74) is -0.443. The third-order valence-corrected chi connectivity index (χ3v) is 9.87. The van der Waals surface area contributed by atoms with Crippen molar-refractivity contribution < 1.29 is 31.9 Å². The van der Waals surface area contributed by atoms with Gasteiger partial charge in [-0.05, 0) is 49.8 Å². The van der Waals surface area contributed by atoms with Crippen LogP contribution in [0.3, 0.4) is 0 Å². The normalized spacial score (nSPS) is 28.6. The summed E-state index contributed by atoms with van der Waals surface area (Å²) in [5, 5.41) is 2.80. The van der Waals surface area contributed by atoms with Crippen molar-refractivity contribution in [2.75, 3.05) is 45.1 Å². The lowest BCUT2D eigenvalue weighted by molar-refractivity contribution is -0.139. The Hall–Kier alpha value is -1.95. The van der Waals surface area contributed by atoms with Gasteiger partial charge in [0.15, 0.2) is 9.84 Å². The number of piperidine rings is 2. The first-order valence-corrected chi connectivity index (χ1v) is 13.9. The van der Waals surface area contributed by atoms with Gasteiger partial charge >= 0.3 is 6.03 Å². The van der Waals surface area contributed by atoms with Crippen molar-refractivity contribution in [1.29, 1.82) is 0 Å². The number of amides is 3. The average molecular weight is 530 g/mol. The van der Waals surface area contributed by atoms with Crippen molar-refractivity contribution in [1.82, 2.24) is 15.1 Å². The number of sulfone groups is 1. The number of morpholine rings is 1. The van der Waals surface area contributed by atoms with Gasteiger partial charge in [0.2, 0.25) is 5.91 Å². The molecule has 192 valence electrons. The molecule has 4 heterocycles. The van der Waals surface area contributed by atoms with E-state index in [1.807, 2.05) is 4.90 Å². The smallest absolute Gasteiger partial charge is 0.320 e. The monoisotopic (exact) mass is 529 g/mol. The Morgan fingerprint density at radius 3 is 2.74 bits per heavy atom. The molecule has 9 nitrogen and oxygen atoms in total. The number of fused-ring (bicyclic) bond motifs is 1. The van der Waals surface area contributed by atoms with E-state index in [9.17, 15) is 22.4 Å². The Labute approximate surface area is 208 Å². The van der Waals surface area contributed by atoms with E-state index in [1.54, 1.807) is 4.90 Å². The van der Waals surface area contributed by atoms with E-state index in [1.165, 1.54) is 6.07 Å². The summed E-state index contributed by atoms with van der Waals surface area (Å²) < 4.78 is 50.7. The predicted octanol–water partition coefficient (Wildman–Crippen LogP) is 1.83. The van der Waals surface area contributed by atoms with Gasteiger partial charge in [-0.25, -0.2) is 17.6 Å². The number of urea groups is 1. The number of carbonyl (C=O) groups excluding carboxylic acids is 2. The van der Waals surface area contributed by atoms with Gasteiger partial charge in [0.05, 0.1) is 40.0 Å². The zero-order valence-corrected chi connectivity index (χ0v) is 20.8. The van der Waals surface area contributed by atoms with Crippen LogP contribution < -0.4 is 5.32 Å². The number of carbonyl (C=O) groups is 2. The van der Waals surface area contributed by atoms with Gasteiger partial charge in [0.1, 0.15) is 12.4 Å². The van der Waals surface area contributed by atoms with Gasteiger partial charge in [-0.1, -0.05) is 11.6 Å². The lowest BCUT2D eigenvalue weighted by Gasteiger charge is -2.44. The molecule has 4 aliphatic rings. The second-order valence-corrected chi connectivity index (χ2v) is 12.4. The van der Waals surface area contributed by atoms with Crippen LogP contribution in [0.2, 0.25) is 5.02 Å². The molecule has 0 saturated carbocycles. The molecule has 1 spiro atoms. The molecule has 4 fully saturated rings. The van der Waals surface area contributed by atoms with Crippen LogP contribution in [0, 0.1) is 11.7 Å². The molecule has 1 aromatic rings. The fourth-order valence-electron chi connectivity index (χ4n) is 5.70. The predicted molar refractivity (Wildman–Crippen MR) is 124 cm³/mol. The summed E-state index contributed by atoms with van der Waals surface area (Å²) >= 11 is 5.98. The number of likely N-dealkylation sites (tertiary alicyclic amines) is 2. The highest BCUT2D eigenvalue weighted by Gasteiger charge is 2.46. The third kappa shape index (κ3) is 5.14. The Balaban J connectivity index is 1.15. The molecule has 0 unspecified atom stereocenters. The van der Waals surface area contributed by atoms with Gasteiger partial charge in [-0.3, -0.25) is 4.79 Å². The van der Waals surface area contributed by atoms with Gasteiger partial charge in [-0.2, -0.15) is 0 Å². The molecule has 12 heteroatoms. The summed E-state index contributed by atoms with van der Waals surface area (Å²) in [4.78, 5) is 28.3. The fraction of sp³-hybridized carbons (Fsp3) is 0.652. The van der Waals surface area contributed by atoms with E-state index in [0.717, 1.165) is 12.1 Å². The molecule has 3 atom stereocenters. The van der Waals surface area contributed by atoms with E-state index in [4.69, 9.17) is 21.1 Å². The lowest BCUT2D eigenvalue weighted by Crippen LogP contribution is -2.63. The van der Waals surface area contributed by atoms with Crippen LogP contribution in [-0.2, 0) is 24.1 Å². The molecule has 4 saturated heterocycles. The molecule has 0 aliphatic carbocycles. The highest BCUT2D eigenvalue weighted by molar-refractivity contribution is 7.91. The zero-order valence-electron chi connectivity index (χ0n) is 19.3. The van der Waals surface area contributed by atoms with Crippen molar-refractivity contribution in [3.63, 3.8) is 0 Å². The van der Waals surface area contributed by atoms with Gasteiger partial charge in [-0.15, -0.1) is 0 Å². The van der Waals surface area contributed by atoms with Crippen molar-refractivity contribution in [3.8, 4) is 0 Å². The maximum atomic E-state index is 13.3. The fourth-order valence-corrected chi connectivity index (χ4v) is 7.87. The minimum atomic E-state index is -3.69. The second kappa shape index (κ2) is 9.49. The van der Waals surface area contributed by atoms with Crippen LogP contribution in [-0.4, -0.2) is 93.0 Å². The van der Waals surface area contributed by atoms with Crippen LogP contribution >= 0.6 is 11.6 Å². The molecular formula is C23H29ClFN3O6S. The quantitative estimate of drug-likeness (QED) is 0.599. The second-order valence-electron chi connectivity index (χ2n) is 9.95. The summed E-state index contributed by atoms with van der Waals surface area (Å²) in [5.74, 6) is -1.05.